The van der Waals surface area contributed by atoms with Gasteiger partial charge in [-0.2, -0.15) is 0 Å². The van der Waals surface area contributed by atoms with Crippen LogP contribution in [-0.2, 0) is 19.6 Å². The number of aliphatic carboxylic acids is 1. The largest absolute Gasteiger partial charge is 0.481 e. The van der Waals surface area contributed by atoms with Crippen molar-refractivity contribution in [1.82, 2.24) is 9.62 Å². The number of amides is 1. The lowest BCUT2D eigenvalue weighted by atomic mass is 9.67. The van der Waals surface area contributed by atoms with E-state index in [-0.39, 0.29) is 18.9 Å². The Morgan fingerprint density at radius 2 is 1.77 bits per heavy atom. The summed E-state index contributed by atoms with van der Waals surface area (Å²) in [6.45, 7) is 2.27. The van der Waals surface area contributed by atoms with Gasteiger partial charge in [-0.05, 0) is 67.5 Å². The van der Waals surface area contributed by atoms with Crippen molar-refractivity contribution in [3.63, 3.8) is 0 Å². The van der Waals surface area contributed by atoms with Gasteiger partial charge in [0.1, 0.15) is 5.25 Å². The quantitative estimate of drug-likeness (QED) is 0.328. The van der Waals surface area contributed by atoms with Crippen LogP contribution in [0.15, 0.2) is 48.5 Å². The number of carbonyl (C=O) groups is 2. The molecule has 5 atom stereocenters. The van der Waals surface area contributed by atoms with E-state index >= 15 is 0 Å². The van der Waals surface area contributed by atoms with Gasteiger partial charge < -0.3 is 10.0 Å². The minimum atomic E-state index is -4.39. The van der Waals surface area contributed by atoms with Gasteiger partial charge in [-0.3, -0.25) is 9.59 Å². The number of hydrogen-bond acceptors (Lipinski definition) is 4. The van der Waals surface area contributed by atoms with E-state index in [2.05, 4.69) is 4.72 Å². The van der Waals surface area contributed by atoms with Crippen LogP contribution >= 0.6 is 23.2 Å². The topological polar surface area (TPSA) is 104 Å². The summed E-state index contributed by atoms with van der Waals surface area (Å²) in [5, 5.41) is 8.79. The Kier molecular flexibility index (Phi) is 9.14. The molecular formula is C28H32Cl2F2N2O5S. The van der Waals surface area contributed by atoms with Gasteiger partial charge in [0, 0.05) is 28.5 Å². The molecule has 0 spiro atoms. The standard InChI is InChI=1S/C28H32Cl2F2N2O5S/c1-16(26(31)32)40(38,39)33-15-23(17-6-7-17)34-25(18-8-10-20(29)11-9-18)22(19-4-3-5-21(30)12-19)13-28(2,27(34)37)14-24(35)36/h3-5,8-12,16-17,22-23,25-26,33H,6-7,13-15H2,1-2H3,(H,35,36)/t16?,22-,23-,25-,28-/m1/s1. The fourth-order valence-corrected chi connectivity index (χ4v) is 6.95. The molecule has 0 radical (unpaired) electrons. The molecule has 7 nitrogen and oxygen atoms in total. The summed E-state index contributed by atoms with van der Waals surface area (Å²) in [6, 6.07) is 12.8. The Morgan fingerprint density at radius 3 is 2.33 bits per heavy atom. The summed E-state index contributed by atoms with van der Waals surface area (Å²) in [7, 11) is -4.39. The molecule has 2 fully saturated rings. The molecule has 1 saturated carbocycles. The molecule has 1 saturated heterocycles. The molecule has 1 unspecified atom stereocenters. The van der Waals surface area contributed by atoms with Crippen molar-refractivity contribution in [1.29, 1.82) is 0 Å². The van der Waals surface area contributed by atoms with Gasteiger partial charge in [0.2, 0.25) is 15.9 Å². The lowest BCUT2D eigenvalue weighted by Gasteiger charge is -2.52. The first-order valence-corrected chi connectivity index (χ1v) is 15.4. The molecule has 0 bridgehead atoms. The van der Waals surface area contributed by atoms with Crippen LogP contribution in [0.1, 0.15) is 62.6 Å². The SMILES string of the molecule is CC(C(F)F)S(=O)(=O)NC[C@H](C1CC1)N1C(=O)[C@@](C)(CC(=O)O)C[C@H](c2cccc(Cl)c2)[C@H]1c1ccc(Cl)cc1. The first kappa shape index (κ1) is 30.7. The van der Waals surface area contributed by atoms with E-state index in [9.17, 15) is 31.9 Å². The third-order valence-electron chi connectivity index (χ3n) is 7.99. The van der Waals surface area contributed by atoms with E-state index in [0.29, 0.717) is 22.9 Å². The zero-order valence-corrected chi connectivity index (χ0v) is 24.4. The zero-order chi connectivity index (χ0) is 29.4. The fraction of sp³-hybridized carbons (Fsp3) is 0.500. The molecule has 2 aromatic carbocycles. The van der Waals surface area contributed by atoms with Crippen LogP contribution in [0.3, 0.4) is 0 Å². The molecule has 1 aliphatic carbocycles. The summed E-state index contributed by atoms with van der Waals surface area (Å²) in [5.74, 6) is -2.05. The number of carboxylic acids is 1. The summed E-state index contributed by atoms with van der Waals surface area (Å²) >= 11 is 12.5. The number of hydrogen-bond donors (Lipinski definition) is 2. The maximum atomic E-state index is 14.3. The number of nitrogens with zero attached hydrogens (tertiary/aromatic N) is 1. The highest BCUT2D eigenvalue weighted by Gasteiger charge is 2.54. The number of nitrogens with one attached hydrogen (secondary N) is 1. The first-order chi connectivity index (χ1) is 18.7. The van der Waals surface area contributed by atoms with Crippen molar-refractivity contribution in [2.24, 2.45) is 11.3 Å². The number of rotatable bonds is 11. The molecule has 2 aromatic rings. The molecule has 1 amide bonds. The molecule has 0 aromatic heterocycles. The highest BCUT2D eigenvalue weighted by atomic mass is 35.5. The van der Waals surface area contributed by atoms with Crippen molar-refractivity contribution in [2.75, 3.05) is 6.54 Å². The predicted octanol–water partition coefficient (Wildman–Crippen LogP) is 5.88. The minimum Gasteiger partial charge on any atom is -0.481 e. The Hall–Kier alpha value is -2.27. The van der Waals surface area contributed by atoms with Gasteiger partial charge in [0.05, 0.1) is 17.9 Å². The number of halogens is 4. The maximum Gasteiger partial charge on any atom is 0.304 e. The average Bonchev–Trinajstić information content (AvgIpc) is 3.71. The Labute approximate surface area is 242 Å². The first-order valence-electron chi connectivity index (χ1n) is 13.1. The molecule has 1 aliphatic heterocycles. The zero-order valence-electron chi connectivity index (χ0n) is 22.1. The highest BCUT2D eigenvalue weighted by Crippen LogP contribution is 2.54. The van der Waals surface area contributed by atoms with Crippen LogP contribution in [-0.4, -0.2) is 54.6 Å². The van der Waals surface area contributed by atoms with Crippen molar-refractivity contribution >= 4 is 45.1 Å². The third-order valence-corrected chi connectivity index (χ3v) is 10.2. The van der Waals surface area contributed by atoms with Gasteiger partial charge in [0.15, 0.2) is 0 Å². The van der Waals surface area contributed by atoms with Crippen molar-refractivity contribution in [3.05, 3.63) is 69.7 Å². The van der Waals surface area contributed by atoms with E-state index in [1.807, 2.05) is 6.07 Å². The lowest BCUT2D eigenvalue weighted by Crippen LogP contribution is -2.59. The molecule has 40 heavy (non-hydrogen) atoms. The van der Waals surface area contributed by atoms with Gasteiger partial charge in [0.25, 0.3) is 6.43 Å². The van der Waals surface area contributed by atoms with Crippen molar-refractivity contribution in [3.8, 4) is 0 Å². The Balaban J connectivity index is 1.85. The number of piperidine rings is 1. The second-order valence-corrected chi connectivity index (χ2v) is 14.0. The maximum absolute atomic E-state index is 14.3. The summed E-state index contributed by atoms with van der Waals surface area (Å²) in [5.41, 5.74) is 0.210. The predicted molar refractivity (Wildman–Crippen MR) is 149 cm³/mol. The van der Waals surface area contributed by atoms with E-state index in [1.54, 1.807) is 54.3 Å². The third kappa shape index (κ3) is 6.61. The number of benzene rings is 2. The second-order valence-electron chi connectivity index (χ2n) is 11.0. The number of likely N-dealkylation sites (tertiary alicyclic amines) is 1. The monoisotopic (exact) mass is 616 g/mol. The second kappa shape index (κ2) is 11.9. The Morgan fingerprint density at radius 1 is 1.12 bits per heavy atom. The molecule has 218 valence electrons. The molecule has 4 rings (SSSR count). The van der Waals surface area contributed by atoms with Crippen LogP contribution in [0.25, 0.3) is 0 Å². The fourth-order valence-electron chi connectivity index (χ4n) is 5.69. The highest BCUT2D eigenvalue weighted by molar-refractivity contribution is 7.90. The van der Waals surface area contributed by atoms with Crippen LogP contribution < -0.4 is 4.72 Å². The van der Waals surface area contributed by atoms with E-state index < -0.39 is 63.4 Å². The lowest BCUT2D eigenvalue weighted by molar-refractivity contribution is -0.161. The number of alkyl halides is 2. The summed E-state index contributed by atoms with van der Waals surface area (Å²) < 4.78 is 54.2. The van der Waals surface area contributed by atoms with E-state index in [1.165, 1.54) is 0 Å². The van der Waals surface area contributed by atoms with Gasteiger partial charge in [-0.25, -0.2) is 21.9 Å². The minimum absolute atomic E-state index is 0.0875. The van der Waals surface area contributed by atoms with Crippen molar-refractivity contribution < 1.29 is 31.9 Å². The van der Waals surface area contributed by atoms with Crippen LogP contribution in [0.2, 0.25) is 10.0 Å². The van der Waals surface area contributed by atoms with Gasteiger partial charge in [-0.15, -0.1) is 0 Å². The van der Waals surface area contributed by atoms with Crippen LogP contribution in [0, 0.1) is 11.3 Å². The van der Waals surface area contributed by atoms with Gasteiger partial charge in [-0.1, -0.05) is 54.4 Å². The normalized spacial score (nSPS) is 25.2. The van der Waals surface area contributed by atoms with E-state index in [0.717, 1.165) is 18.1 Å². The number of carboxylic acid groups (broad SMARTS) is 1. The van der Waals surface area contributed by atoms with Crippen molar-refractivity contribution in [2.45, 2.75) is 69.2 Å². The van der Waals surface area contributed by atoms with E-state index in [4.69, 9.17) is 23.2 Å². The number of sulfonamides is 1. The molecular weight excluding hydrogens is 585 g/mol. The Bertz CT molecular complexity index is 1360. The average molecular weight is 618 g/mol. The molecule has 2 aliphatic rings. The molecule has 2 N–H and O–H groups in total. The smallest absolute Gasteiger partial charge is 0.304 e. The summed E-state index contributed by atoms with van der Waals surface area (Å²) in [4.78, 5) is 27.9. The molecule has 1 heterocycles. The summed E-state index contributed by atoms with van der Waals surface area (Å²) in [6.07, 6.45) is -1.88. The molecule has 12 heteroatoms. The number of carbonyl (C=O) groups excluding carboxylic acids is 1. The van der Waals surface area contributed by atoms with Crippen LogP contribution in [0.4, 0.5) is 8.78 Å². The van der Waals surface area contributed by atoms with Crippen LogP contribution in [0.5, 0.6) is 0 Å². The van der Waals surface area contributed by atoms with Gasteiger partial charge >= 0.3 is 5.97 Å².